The Bertz CT molecular complexity index is 1200. The van der Waals surface area contributed by atoms with E-state index in [1.165, 1.54) is 35.2 Å². The maximum absolute atomic E-state index is 12.1. The molecule has 9 nitrogen and oxygen atoms in total. The Balaban J connectivity index is 1.95. The summed E-state index contributed by atoms with van der Waals surface area (Å²) in [6, 6.07) is 14.6. The van der Waals surface area contributed by atoms with Crippen LogP contribution in [-0.4, -0.2) is 46.1 Å². The van der Waals surface area contributed by atoms with Crippen LogP contribution in [-0.2, 0) is 0 Å². The topological polar surface area (TPSA) is 133 Å². The summed E-state index contributed by atoms with van der Waals surface area (Å²) in [6.45, 7) is 0. The fourth-order valence-electron chi connectivity index (χ4n) is 2.56. The first-order chi connectivity index (χ1) is 14.8. The summed E-state index contributed by atoms with van der Waals surface area (Å²) in [4.78, 5) is 29.2. The second kappa shape index (κ2) is 8.84. The molecule has 0 unspecified atom stereocenters. The van der Waals surface area contributed by atoms with Crippen LogP contribution in [0.5, 0.6) is 29.0 Å². The summed E-state index contributed by atoms with van der Waals surface area (Å²) in [7, 11) is 3.24. The highest BCUT2D eigenvalue weighted by atomic mass is 16.5. The lowest BCUT2D eigenvalue weighted by molar-refractivity contribution is 0.0695. The first-order valence-corrected chi connectivity index (χ1v) is 8.92. The van der Waals surface area contributed by atoms with Crippen molar-refractivity contribution in [3.63, 3.8) is 0 Å². The molecule has 1 amide bonds. The molecule has 2 aromatic carbocycles. The van der Waals surface area contributed by atoms with Gasteiger partial charge in [0, 0.05) is 37.9 Å². The molecule has 0 saturated heterocycles. The zero-order chi connectivity index (χ0) is 22.5. The minimum absolute atomic E-state index is 0.0707. The van der Waals surface area contributed by atoms with Crippen molar-refractivity contribution in [2.75, 3.05) is 14.1 Å². The molecule has 0 aliphatic rings. The number of pyridine rings is 1. The van der Waals surface area contributed by atoms with Crippen LogP contribution < -0.4 is 9.47 Å². The van der Waals surface area contributed by atoms with Gasteiger partial charge in [-0.1, -0.05) is 6.07 Å². The van der Waals surface area contributed by atoms with E-state index in [0.717, 1.165) is 6.07 Å². The van der Waals surface area contributed by atoms with Gasteiger partial charge < -0.3 is 24.6 Å². The highest BCUT2D eigenvalue weighted by molar-refractivity contribution is 5.94. The predicted octanol–water partition coefficient (Wildman–Crippen LogP) is 3.64. The minimum atomic E-state index is -1.25. The number of carbonyl (C=O) groups is 2. The van der Waals surface area contributed by atoms with Gasteiger partial charge in [-0.25, -0.2) is 4.79 Å². The normalized spacial score (nSPS) is 10.1. The SMILES string of the molecule is CN(C)C(=O)c1cccc(Oc2cc(C(=O)O)cc(Oc3cc(C#N)ccc3O)n2)c1. The van der Waals surface area contributed by atoms with Gasteiger partial charge in [0.1, 0.15) is 5.75 Å². The third-order valence-electron chi connectivity index (χ3n) is 4.04. The lowest BCUT2D eigenvalue weighted by Gasteiger charge is -2.12. The number of phenolic OH excluding ortho intramolecular Hbond substituents is 1. The number of carboxylic acid groups (broad SMARTS) is 1. The fraction of sp³-hybridized carbons (Fsp3) is 0.0909. The van der Waals surface area contributed by atoms with E-state index in [1.54, 1.807) is 32.3 Å². The zero-order valence-corrected chi connectivity index (χ0v) is 16.6. The number of nitrogens with zero attached hydrogens (tertiary/aromatic N) is 3. The number of phenols is 1. The smallest absolute Gasteiger partial charge is 0.336 e. The van der Waals surface area contributed by atoms with Gasteiger partial charge in [-0.05, 0) is 30.3 Å². The van der Waals surface area contributed by atoms with Crippen LogP contribution in [0.4, 0.5) is 0 Å². The Hall–Kier alpha value is -4.58. The van der Waals surface area contributed by atoms with E-state index < -0.39 is 5.97 Å². The molecular formula is C22H17N3O6. The zero-order valence-electron chi connectivity index (χ0n) is 16.6. The van der Waals surface area contributed by atoms with Crippen LogP contribution in [0.1, 0.15) is 26.3 Å². The molecule has 1 heterocycles. The van der Waals surface area contributed by atoms with Crippen molar-refractivity contribution in [2.24, 2.45) is 0 Å². The Morgan fingerprint density at radius 2 is 1.71 bits per heavy atom. The summed E-state index contributed by atoms with van der Waals surface area (Å²) < 4.78 is 11.2. The predicted molar refractivity (Wildman–Crippen MR) is 109 cm³/mol. The number of carbonyl (C=O) groups excluding carboxylic acids is 1. The van der Waals surface area contributed by atoms with Gasteiger partial charge >= 0.3 is 5.97 Å². The Morgan fingerprint density at radius 3 is 2.35 bits per heavy atom. The van der Waals surface area contributed by atoms with Gasteiger partial charge in [0.05, 0.1) is 17.2 Å². The third-order valence-corrected chi connectivity index (χ3v) is 4.04. The molecule has 3 rings (SSSR count). The van der Waals surface area contributed by atoms with Gasteiger partial charge in [-0.15, -0.1) is 0 Å². The van der Waals surface area contributed by atoms with Crippen LogP contribution in [0.2, 0.25) is 0 Å². The van der Waals surface area contributed by atoms with E-state index in [-0.39, 0.29) is 46.0 Å². The Morgan fingerprint density at radius 1 is 1.00 bits per heavy atom. The van der Waals surface area contributed by atoms with E-state index >= 15 is 0 Å². The summed E-state index contributed by atoms with van der Waals surface area (Å²) in [5, 5.41) is 28.4. The van der Waals surface area contributed by atoms with Crippen LogP contribution in [0, 0.1) is 11.3 Å². The number of aromatic nitrogens is 1. The average molecular weight is 419 g/mol. The molecule has 0 fully saturated rings. The number of nitriles is 1. The molecule has 9 heteroatoms. The summed E-state index contributed by atoms with van der Waals surface area (Å²) in [5.74, 6) is -1.79. The van der Waals surface area contributed by atoms with E-state index in [0.29, 0.717) is 5.56 Å². The van der Waals surface area contributed by atoms with Crippen LogP contribution >= 0.6 is 0 Å². The molecule has 0 radical (unpaired) electrons. The van der Waals surface area contributed by atoms with Gasteiger partial charge in [-0.3, -0.25) is 4.79 Å². The van der Waals surface area contributed by atoms with Gasteiger partial charge in [0.25, 0.3) is 5.91 Å². The number of hydrogen-bond acceptors (Lipinski definition) is 7. The van der Waals surface area contributed by atoms with Gasteiger partial charge in [0.15, 0.2) is 11.5 Å². The Labute approximate surface area is 177 Å². The first kappa shape index (κ1) is 21.1. The number of hydrogen-bond donors (Lipinski definition) is 2. The molecule has 156 valence electrons. The van der Waals surface area contributed by atoms with E-state index in [1.807, 2.05) is 6.07 Å². The largest absolute Gasteiger partial charge is 0.504 e. The second-order valence-electron chi connectivity index (χ2n) is 6.56. The second-order valence-corrected chi connectivity index (χ2v) is 6.56. The number of ether oxygens (including phenoxy) is 2. The molecule has 0 atom stereocenters. The number of rotatable bonds is 6. The lowest BCUT2D eigenvalue weighted by Crippen LogP contribution is -2.21. The lowest BCUT2D eigenvalue weighted by atomic mass is 10.2. The quantitative estimate of drug-likeness (QED) is 0.619. The summed E-state index contributed by atoms with van der Waals surface area (Å²) in [6.07, 6.45) is 0. The van der Waals surface area contributed by atoms with Crippen molar-refractivity contribution >= 4 is 11.9 Å². The standard InChI is InChI=1S/C22H17N3O6/c1-25(2)21(27)14-4-3-5-16(9-14)30-19-10-15(22(28)29)11-20(24-19)31-18-8-13(12-23)6-7-17(18)26/h3-11,26H,1-2H3,(H,28,29). The first-order valence-electron chi connectivity index (χ1n) is 8.92. The van der Waals surface area contributed by atoms with Crippen molar-refractivity contribution in [3.8, 4) is 35.1 Å². The monoisotopic (exact) mass is 419 g/mol. The number of benzene rings is 2. The van der Waals surface area contributed by atoms with Gasteiger partial charge in [-0.2, -0.15) is 10.2 Å². The molecule has 0 aliphatic heterocycles. The molecule has 1 aromatic heterocycles. The molecule has 0 bridgehead atoms. The van der Waals surface area contributed by atoms with Crippen molar-refractivity contribution in [1.29, 1.82) is 5.26 Å². The van der Waals surface area contributed by atoms with Crippen LogP contribution in [0.3, 0.4) is 0 Å². The number of aromatic carboxylic acids is 1. The third kappa shape index (κ3) is 5.07. The van der Waals surface area contributed by atoms with Crippen molar-refractivity contribution in [1.82, 2.24) is 9.88 Å². The van der Waals surface area contributed by atoms with Crippen molar-refractivity contribution < 1.29 is 29.3 Å². The van der Waals surface area contributed by atoms with E-state index in [4.69, 9.17) is 14.7 Å². The van der Waals surface area contributed by atoms with Crippen LogP contribution in [0.25, 0.3) is 0 Å². The van der Waals surface area contributed by atoms with Crippen molar-refractivity contribution in [2.45, 2.75) is 0 Å². The molecule has 0 spiro atoms. The average Bonchev–Trinajstić information content (AvgIpc) is 2.74. The molecule has 0 saturated carbocycles. The maximum atomic E-state index is 12.1. The number of amides is 1. The molecule has 0 aliphatic carbocycles. The van der Waals surface area contributed by atoms with Gasteiger partial charge in [0.2, 0.25) is 11.8 Å². The summed E-state index contributed by atoms with van der Waals surface area (Å²) in [5.41, 5.74) is 0.448. The maximum Gasteiger partial charge on any atom is 0.336 e. The fourth-order valence-corrected chi connectivity index (χ4v) is 2.56. The Kier molecular flexibility index (Phi) is 6.02. The van der Waals surface area contributed by atoms with Crippen molar-refractivity contribution in [3.05, 3.63) is 71.3 Å². The molecular weight excluding hydrogens is 402 g/mol. The number of aromatic hydroxyl groups is 1. The van der Waals surface area contributed by atoms with E-state index in [9.17, 15) is 19.8 Å². The molecule has 31 heavy (non-hydrogen) atoms. The number of carboxylic acids is 1. The molecule has 3 aromatic rings. The summed E-state index contributed by atoms with van der Waals surface area (Å²) >= 11 is 0. The highest BCUT2D eigenvalue weighted by Gasteiger charge is 2.15. The minimum Gasteiger partial charge on any atom is -0.504 e. The van der Waals surface area contributed by atoms with E-state index in [2.05, 4.69) is 4.98 Å². The highest BCUT2D eigenvalue weighted by Crippen LogP contribution is 2.32. The molecule has 2 N–H and O–H groups in total. The van der Waals surface area contributed by atoms with Crippen LogP contribution in [0.15, 0.2) is 54.6 Å².